The number of carboxylic acid groups (broad SMARTS) is 1. The first-order valence-corrected chi connectivity index (χ1v) is 11.5. The van der Waals surface area contributed by atoms with Crippen molar-refractivity contribution in [3.05, 3.63) is 59.7 Å². The lowest BCUT2D eigenvalue weighted by atomic mass is 9.91. The normalized spacial score (nSPS) is 13.5. The summed E-state index contributed by atoms with van der Waals surface area (Å²) in [6.45, 7) is 5.55. The minimum atomic E-state index is -1.25. The molecule has 0 unspecified atom stereocenters. The Bertz CT molecular complexity index is 970. The van der Waals surface area contributed by atoms with Gasteiger partial charge in [0.25, 0.3) is 0 Å². The highest BCUT2D eigenvalue weighted by Crippen LogP contribution is 2.44. The Balaban J connectivity index is 1.71. The molecule has 7 nitrogen and oxygen atoms in total. The van der Waals surface area contributed by atoms with E-state index in [1.54, 1.807) is 13.8 Å². The molecule has 0 fully saturated rings. The van der Waals surface area contributed by atoms with E-state index in [0.717, 1.165) is 22.3 Å². The second-order valence-electron chi connectivity index (χ2n) is 8.39. The average molecular weight is 453 g/mol. The molecule has 0 bridgehead atoms. The van der Waals surface area contributed by atoms with Crippen molar-refractivity contribution in [1.29, 1.82) is 0 Å². The quantitative estimate of drug-likeness (QED) is 0.494. The van der Waals surface area contributed by atoms with Crippen LogP contribution in [0.2, 0.25) is 0 Å². The van der Waals surface area contributed by atoms with E-state index in [4.69, 9.17) is 4.74 Å². The van der Waals surface area contributed by atoms with E-state index in [2.05, 4.69) is 22.8 Å². The average Bonchev–Trinajstić information content (AvgIpc) is 3.14. The molecule has 0 aliphatic heterocycles. The second kappa shape index (κ2) is 10.5. The maximum absolute atomic E-state index is 13.0. The van der Waals surface area contributed by atoms with Gasteiger partial charge in [0.1, 0.15) is 18.2 Å². The van der Waals surface area contributed by atoms with Crippen LogP contribution >= 0.6 is 0 Å². The van der Waals surface area contributed by atoms with Crippen LogP contribution in [-0.2, 0) is 14.3 Å². The van der Waals surface area contributed by atoms with E-state index in [1.165, 1.54) is 0 Å². The molecular formula is C26H32N2O5. The van der Waals surface area contributed by atoms with Gasteiger partial charge in [-0.15, -0.1) is 0 Å². The summed E-state index contributed by atoms with van der Waals surface area (Å²) in [7, 11) is 0. The van der Waals surface area contributed by atoms with E-state index >= 15 is 0 Å². The summed E-state index contributed by atoms with van der Waals surface area (Å²) in [5.41, 5.74) is 3.22. The third kappa shape index (κ3) is 5.02. The van der Waals surface area contributed by atoms with Crippen molar-refractivity contribution in [1.82, 2.24) is 10.6 Å². The number of carboxylic acids is 1. The fourth-order valence-electron chi connectivity index (χ4n) is 4.48. The van der Waals surface area contributed by atoms with Gasteiger partial charge in [-0.1, -0.05) is 75.7 Å². The second-order valence-corrected chi connectivity index (χ2v) is 8.39. The van der Waals surface area contributed by atoms with Gasteiger partial charge in [-0.25, -0.2) is 9.59 Å². The first-order chi connectivity index (χ1) is 15.9. The summed E-state index contributed by atoms with van der Waals surface area (Å²) in [5.74, 6) is -1.69. The summed E-state index contributed by atoms with van der Waals surface area (Å²) in [5, 5.41) is 14.7. The van der Waals surface area contributed by atoms with Crippen LogP contribution in [0.3, 0.4) is 0 Å². The van der Waals surface area contributed by atoms with E-state index in [9.17, 15) is 19.5 Å². The Labute approximate surface area is 194 Å². The monoisotopic (exact) mass is 452 g/mol. The van der Waals surface area contributed by atoms with Crippen molar-refractivity contribution in [2.45, 2.75) is 64.0 Å². The number of carbonyl (C=O) groups excluding carboxylic acids is 2. The molecule has 2 aromatic rings. The topological polar surface area (TPSA) is 105 Å². The molecule has 1 atom stereocenters. The molecule has 0 spiro atoms. The van der Waals surface area contributed by atoms with Gasteiger partial charge in [-0.05, 0) is 41.5 Å². The Morgan fingerprint density at radius 1 is 0.970 bits per heavy atom. The Hall–Kier alpha value is -3.35. The molecule has 1 aliphatic rings. The smallest absolute Gasteiger partial charge is 0.408 e. The van der Waals surface area contributed by atoms with Gasteiger partial charge in [0.05, 0.1) is 0 Å². The standard InChI is InChI=1S/C26H32N2O5/c1-4-11-22(23(29)30)27-24(31)26(5-2,6-3)28-25(32)33-16-21-19-14-9-7-12-17(19)18-13-8-10-15-20(18)21/h7-10,12-15,21-22H,4-6,11,16H2,1-3H3,(H,27,31)(H,28,32)(H,29,30)/t22-/m1/s1. The van der Waals surface area contributed by atoms with Crippen LogP contribution in [0.1, 0.15) is 63.5 Å². The minimum Gasteiger partial charge on any atom is -0.480 e. The maximum Gasteiger partial charge on any atom is 0.408 e. The summed E-state index contributed by atoms with van der Waals surface area (Å²) in [6, 6.07) is 15.1. The molecule has 176 valence electrons. The lowest BCUT2D eigenvalue weighted by molar-refractivity contribution is -0.143. The molecule has 0 aromatic heterocycles. The maximum atomic E-state index is 13.0. The first kappa shape index (κ1) is 24.3. The lowest BCUT2D eigenvalue weighted by Gasteiger charge is -2.32. The van der Waals surface area contributed by atoms with Gasteiger partial charge < -0.3 is 20.5 Å². The van der Waals surface area contributed by atoms with Crippen molar-refractivity contribution < 1.29 is 24.2 Å². The van der Waals surface area contributed by atoms with Gasteiger partial charge >= 0.3 is 12.1 Å². The molecule has 0 radical (unpaired) electrons. The summed E-state index contributed by atoms with van der Waals surface area (Å²) in [6.07, 6.45) is 0.839. The third-order valence-electron chi connectivity index (χ3n) is 6.51. The van der Waals surface area contributed by atoms with E-state index < -0.39 is 29.6 Å². The number of fused-ring (bicyclic) bond motifs is 3. The van der Waals surface area contributed by atoms with Crippen LogP contribution in [0.5, 0.6) is 0 Å². The molecular weight excluding hydrogens is 420 g/mol. The highest BCUT2D eigenvalue weighted by atomic mass is 16.5. The minimum absolute atomic E-state index is 0.0874. The number of aliphatic carboxylic acids is 1. The highest BCUT2D eigenvalue weighted by Gasteiger charge is 2.39. The SMILES string of the molecule is CCC[C@@H](NC(=O)C(CC)(CC)NC(=O)OCC1c2ccccc2-c2ccccc21)C(=O)O. The van der Waals surface area contributed by atoms with Crippen LogP contribution in [0.4, 0.5) is 4.79 Å². The number of hydrogen-bond donors (Lipinski definition) is 3. The summed E-state index contributed by atoms with van der Waals surface area (Å²) >= 11 is 0. The predicted octanol–water partition coefficient (Wildman–Crippen LogP) is 4.45. The van der Waals surface area contributed by atoms with Gasteiger partial charge in [0, 0.05) is 5.92 Å². The van der Waals surface area contributed by atoms with Gasteiger partial charge in [0.15, 0.2) is 0 Å². The van der Waals surface area contributed by atoms with Crippen molar-refractivity contribution in [2.24, 2.45) is 0 Å². The fourth-order valence-corrected chi connectivity index (χ4v) is 4.48. The Kier molecular flexibility index (Phi) is 7.74. The fraction of sp³-hybridized carbons (Fsp3) is 0.423. The number of ether oxygens (including phenoxy) is 1. The number of alkyl carbamates (subject to hydrolysis) is 1. The zero-order chi connectivity index (χ0) is 24.0. The third-order valence-corrected chi connectivity index (χ3v) is 6.51. The van der Waals surface area contributed by atoms with Gasteiger partial charge in [-0.3, -0.25) is 4.79 Å². The molecule has 2 amide bonds. The van der Waals surface area contributed by atoms with Crippen LogP contribution in [-0.4, -0.2) is 41.3 Å². The number of benzene rings is 2. The molecule has 2 aromatic carbocycles. The van der Waals surface area contributed by atoms with Crippen molar-refractivity contribution in [3.8, 4) is 11.1 Å². The van der Waals surface area contributed by atoms with Crippen LogP contribution in [0.15, 0.2) is 48.5 Å². The highest BCUT2D eigenvalue weighted by molar-refractivity contribution is 5.92. The Morgan fingerprint density at radius 2 is 1.52 bits per heavy atom. The largest absolute Gasteiger partial charge is 0.480 e. The molecule has 33 heavy (non-hydrogen) atoms. The Morgan fingerprint density at radius 3 is 2.00 bits per heavy atom. The van der Waals surface area contributed by atoms with E-state index in [1.807, 2.05) is 43.3 Å². The summed E-state index contributed by atoms with van der Waals surface area (Å²) in [4.78, 5) is 37.2. The molecule has 0 heterocycles. The van der Waals surface area contributed by atoms with Crippen molar-refractivity contribution >= 4 is 18.0 Å². The van der Waals surface area contributed by atoms with Crippen LogP contribution in [0, 0.1) is 0 Å². The number of rotatable bonds is 10. The van der Waals surface area contributed by atoms with Crippen molar-refractivity contribution in [3.63, 3.8) is 0 Å². The molecule has 0 saturated heterocycles. The molecule has 7 heteroatoms. The van der Waals surface area contributed by atoms with Gasteiger partial charge in [-0.2, -0.15) is 0 Å². The number of hydrogen-bond acceptors (Lipinski definition) is 4. The van der Waals surface area contributed by atoms with E-state index in [-0.39, 0.29) is 12.5 Å². The molecule has 3 rings (SSSR count). The molecule has 1 aliphatic carbocycles. The number of nitrogens with one attached hydrogen (secondary N) is 2. The molecule has 0 saturated carbocycles. The van der Waals surface area contributed by atoms with Crippen LogP contribution < -0.4 is 10.6 Å². The number of amides is 2. The van der Waals surface area contributed by atoms with Gasteiger partial charge in [0.2, 0.25) is 5.91 Å². The zero-order valence-corrected chi connectivity index (χ0v) is 19.4. The lowest BCUT2D eigenvalue weighted by Crippen LogP contribution is -2.60. The first-order valence-electron chi connectivity index (χ1n) is 11.5. The van der Waals surface area contributed by atoms with Crippen LogP contribution in [0.25, 0.3) is 11.1 Å². The van der Waals surface area contributed by atoms with Crippen molar-refractivity contribution in [2.75, 3.05) is 6.61 Å². The summed E-state index contributed by atoms with van der Waals surface area (Å²) < 4.78 is 5.60. The zero-order valence-electron chi connectivity index (χ0n) is 19.4. The molecule has 3 N–H and O–H groups in total. The number of carbonyl (C=O) groups is 3. The predicted molar refractivity (Wildman–Crippen MR) is 126 cm³/mol. The van der Waals surface area contributed by atoms with E-state index in [0.29, 0.717) is 25.7 Å².